The maximum absolute atomic E-state index is 12.7. The summed E-state index contributed by atoms with van der Waals surface area (Å²) in [5, 5.41) is 3.94. The minimum atomic E-state index is -4.41. The largest absolute Gasteiger partial charge is 0.416 e. The average Bonchev–Trinajstić information content (AvgIpc) is 2.43. The summed E-state index contributed by atoms with van der Waals surface area (Å²) in [4.78, 5) is 17.7. The summed E-state index contributed by atoms with van der Waals surface area (Å²) in [6.07, 6.45) is -4.41. The van der Waals surface area contributed by atoms with Crippen LogP contribution < -0.4 is 11.0 Å². The molecular weight excluding hydrogens is 297 g/mol. The van der Waals surface area contributed by atoms with Crippen molar-refractivity contribution in [1.82, 2.24) is 9.97 Å². The van der Waals surface area contributed by atoms with Crippen molar-refractivity contribution >= 4 is 11.7 Å². The molecule has 22 heavy (non-hydrogen) atoms. The number of benzene rings is 1. The zero-order chi connectivity index (χ0) is 16.3. The number of aryl methyl sites for hydroxylation is 1. The van der Waals surface area contributed by atoms with Gasteiger partial charge in [0.05, 0.1) is 11.3 Å². The molecule has 0 saturated heterocycles. The fourth-order valence-electron chi connectivity index (χ4n) is 1.75. The smallest absolute Gasteiger partial charge is 0.291 e. The molecule has 0 spiro atoms. The van der Waals surface area contributed by atoms with E-state index in [2.05, 4.69) is 20.5 Å². The topological polar surface area (TPSA) is 70.1 Å². The lowest BCUT2D eigenvalue weighted by atomic mass is 10.1. The van der Waals surface area contributed by atoms with Gasteiger partial charge in [-0.25, -0.2) is 10.4 Å². The van der Waals surface area contributed by atoms with Crippen LogP contribution in [-0.4, -0.2) is 15.7 Å². The van der Waals surface area contributed by atoms with Crippen LogP contribution in [0.2, 0.25) is 0 Å². The van der Waals surface area contributed by atoms with Crippen LogP contribution >= 0.6 is 0 Å². The Hall–Kier alpha value is -2.64. The van der Waals surface area contributed by atoms with E-state index in [1.54, 1.807) is 13.8 Å². The summed E-state index contributed by atoms with van der Waals surface area (Å²) in [5.41, 5.74) is 2.57. The van der Waals surface area contributed by atoms with Gasteiger partial charge in [-0.15, -0.1) is 0 Å². The van der Waals surface area contributed by atoms with E-state index in [0.717, 1.165) is 12.1 Å². The lowest BCUT2D eigenvalue weighted by Gasteiger charge is -2.08. The quantitative estimate of drug-likeness (QED) is 0.676. The lowest BCUT2D eigenvalue weighted by Crippen LogP contribution is -2.11. The Morgan fingerprint density at radius 2 is 2.05 bits per heavy atom. The number of aromatic nitrogens is 2. The van der Waals surface area contributed by atoms with Gasteiger partial charge in [-0.3, -0.25) is 9.78 Å². The molecule has 1 aromatic carbocycles. The van der Waals surface area contributed by atoms with Crippen LogP contribution in [0.5, 0.6) is 0 Å². The minimum Gasteiger partial charge on any atom is -0.291 e. The number of hydrogen-bond acceptors (Lipinski definition) is 4. The summed E-state index contributed by atoms with van der Waals surface area (Å²) in [5.74, 6) is 0.122. The summed E-state index contributed by atoms with van der Waals surface area (Å²) >= 11 is 0. The number of nitrogens with one attached hydrogen (secondary N) is 2. The SMILES string of the molecule is CC(=NNc1nc(C)cc(=O)[nH]1)c1cccc(C(F)(F)F)c1. The van der Waals surface area contributed by atoms with Gasteiger partial charge in [0, 0.05) is 11.8 Å². The van der Waals surface area contributed by atoms with E-state index in [-0.39, 0.29) is 11.5 Å². The number of halogens is 3. The Kier molecular flexibility index (Phi) is 4.30. The fraction of sp³-hybridized carbons (Fsp3) is 0.214. The summed E-state index contributed by atoms with van der Waals surface area (Å²) in [6.45, 7) is 3.19. The van der Waals surface area contributed by atoms with Gasteiger partial charge in [0.2, 0.25) is 5.95 Å². The number of H-pyrrole nitrogens is 1. The number of anilines is 1. The number of rotatable bonds is 3. The predicted molar refractivity (Wildman–Crippen MR) is 76.9 cm³/mol. The van der Waals surface area contributed by atoms with E-state index < -0.39 is 11.7 Å². The molecule has 0 amide bonds. The zero-order valence-electron chi connectivity index (χ0n) is 11.8. The van der Waals surface area contributed by atoms with Crippen LogP contribution in [0.1, 0.15) is 23.7 Å². The second-order valence-corrected chi connectivity index (χ2v) is 4.62. The molecule has 0 aliphatic heterocycles. The van der Waals surface area contributed by atoms with Crippen molar-refractivity contribution in [2.24, 2.45) is 5.10 Å². The van der Waals surface area contributed by atoms with Gasteiger partial charge in [0.1, 0.15) is 0 Å². The van der Waals surface area contributed by atoms with Crippen molar-refractivity contribution < 1.29 is 13.2 Å². The molecule has 0 saturated carbocycles. The van der Waals surface area contributed by atoms with Crippen molar-refractivity contribution in [2.45, 2.75) is 20.0 Å². The first-order chi connectivity index (χ1) is 10.3. The molecular formula is C14H13F3N4O. The average molecular weight is 310 g/mol. The van der Waals surface area contributed by atoms with E-state index in [4.69, 9.17) is 0 Å². The highest BCUT2D eigenvalue weighted by Crippen LogP contribution is 2.29. The molecule has 1 aromatic heterocycles. The van der Waals surface area contributed by atoms with E-state index >= 15 is 0 Å². The third-order valence-electron chi connectivity index (χ3n) is 2.81. The molecule has 0 radical (unpaired) electrons. The lowest BCUT2D eigenvalue weighted by molar-refractivity contribution is -0.137. The van der Waals surface area contributed by atoms with Crippen LogP contribution in [0.3, 0.4) is 0 Å². The highest BCUT2D eigenvalue weighted by atomic mass is 19.4. The maximum Gasteiger partial charge on any atom is 0.416 e. The molecule has 0 bridgehead atoms. The molecule has 2 aromatic rings. The van der Waals surface area contributed by atoms with E-state index in [9.17, 15) is 18.0 Å². The third kappa shape index (κ3) is 3.94. The van der Waals surface area contributed by atoms with Gasteiger partial charge in [-0.1, -0.05) is 12.1 Å². The zero-order valence-corrected chi connectivity index (χ0v) is 11.8. The van der Waals surface area contributed by atoms with E-state index in [1.807, 2.05) is 0 Å². The molecule has 0 fully saturated rings. The van der Waals surface area contributed by atoms with Crippen molar-refractivity contribution in [3.05, 3.63) is 57.5 Å². The van der Waals surface area contributed by atoms with Crippen LogP contribution in [0.25, 0.3) is 0 Å². The van der Waals surface area contributed by atoms with Crippen LogP contribution in [-0.2, 0) is 6.18 Å². The van der Waals surface area contributed by atoms with Gasteiger partial charge in [-0.2, -0.15) is 18.3 Å². The monoisotopic (exact) mass is 310 g/mol. The summed E-state index contributed by atoms with van der Waals surface area (Å²) in [6, 6.07) is 6.14. The number of nitrogens with zero attached hydrogens (tertiary/aromatic N) is 2. The Balaban J connectivity index is 2.24. The number of hydrazone groups is 1. The van der Waals surface area contributed by atoms with Crippen molar-refractivity contribution in [1.29, 1.82) is 0 Å². The predicted octanol–water partition coefficient (Wildman–Crippen LogP) is 2.93. The van der Waals surface area contributed by atoms with Gasteiger partial charge >= 0.3 is 6.18 Å². The Labute approximate surface area is 123 Å². The number of alkyl halides is 3. The first-order valence-corrected chi connectivity index (χ1v) is 6.31. The van der Waals surface area contributed by atoms with Gasteiger partial charge in [0.25, 0.3) is 5.56 Å². The second-order valence-electron chi connectivity index (χ2n) is 4.62. The molecule has 2 rings (SSSR count). The van der Waals surface area contributed by atoms with E-state index in [0.29, 0.717) is 17.0 Å². The molecule has 116 valence electrons. The molecule has 0 unspecified atom stereocenters. The third-order valence-corrected chi connectivity index (χ3v) is 2.81. The molecule has 5 nitrogen and oxygen atoms in total. The summed E-state index contributed by atoms with van der Waals surface area (Å²) < 4.78 is 38.0. The molecule has 8 heteroatoms. The first-order valence-electron chi connectivity index (χ1n) is 6.31. The fourth-order valence-corrected chi connectivity index (χ4v) is 1.75. The first kappa shape index (κ1) is 15.7. The second kappa shape index (κ2) is 6.00. The van der Waals surface area contributed by atoms with Gasteiger partial charge < -0.3 is 0 Å². The van der Waals surface area contributed by atoms with Crippen molar-refractivity contribution in [2.75, 3.05) is 5.43 Å². The summed E-state index contributed by atoms with van der Waals surface area (Å²) in [7, 11) is 0. The van der Waals surface area contributed by atoms with Crippen LogP contribution in [0.15, 0.2) is 40.2 Å². The van der Waals surface area contributed by atoms with Crippen LogP contribution in [0, 0.1) is 6.92 Å². The Bertz CT molecular complexity index is 765. The van der Waals surface area contributed by atoms with Gasteiger partial charge in [-0.05, 0) is 31.5 Å². The number of hydrogen-bond donors (Lipinski definition) is 2. The van der Waals surface area contributed by atoms with Gasteiger partial charge in [0.15, 0.2) is 0 Å². The standard InChI is InChI=1S/C14H13F3N4O/c1-8-6-12(22)19-13(18-8)21-20-9(2)10-4-3-5-11(7-10)14(15,16)17/h3-7H,1-2H3,(H2,18,19,21,22). The Morgan fingerprint density at radius 1 is 1.32 bits per heavy atom. The molecule has 0 aliphatic carbocycles. The molecule has 0 atom stereocenters. The van der Waals surface area contributed by atoms with Crippen molar-refractivity contribution in [3.8, 4) is 0 Å². The normalized spacial score (nSPS) is 12.3. The number of aromatic amines is 1. The highest BCUT2D eigenvalue weighted by molar-refractivity contribution is 5.99. The molecule has 0 aliphatic rings. The Morgan fingerprint density at radius 3 is 2.68 bits per heavy atom. The van der Waals surface area contributed by atoms with Crippen molar-refractivity contribution in [3.63, 3.8) is 0 Å². The maximum atomic E-state index is 12.7. The minimum absolute atomic E-state index is 0.122. The molecule has 1 heterocycles. The molecule has 2 N–H and O–H groups in total. The van der Waals surface area contributed by atoms with E-state index in [1.165, 1.54) is 18.2 Å². The van der Waals surface area contributed by atoms with Crippen LogP contribution in [0.4, 0.5) is 19.1 Å². The highest BCUT2D eigenvalue weighted by Gasteiger charge is 2.30.